The van der Waals surface area contributed by atoms with Crippen LogP contribution in [0.3, 0.4) is 0 Å². The first-order chi connectivity index (χ1) is 10.2. The third-order valence-corrected chi connectivity index (χ3v) is 3.95. The number of nitrogens with zero attached hydrogens (tertiary/aromatic N) is 2. The van der Waals surface area contributed by atoms with Crippen LogP contribution in [0.4, 0.5) is 0 Å². The van der Waals surface area contributed by atoms with Crippen LogP contribution in [-0.2, 0) is 12.8 Å². The minimum Gasteiger partial charge on any atom is -0.308 e. The fourth-order valence-corrected chi connectivity index (χ4v) is 2.62. The molecule has 3 nitrogen and oxygen atoms in total. The van der Waals surface area contributed by atoms with E-state index in [0.29, 0.717) is 0 Å². The Balaban J connectivity index is 2.23. The van der Waals surface area contributed by atoms with E-state index in [-0.39, 0.29) is 6.04 Å². The number of aryl methyl sites for hydroxylation is 1. The van der Waals surface area contributed by atoms with E-state index in [0.717, 1.165) is 41.7 Å². The standard InChI is InChI=1S/C17H22BrN3/c1-3-9-19-16(11-15-8-7-14(18)12-21-15)17-13(4-2)6-5-10-20-17/h5-8,10,12,16,19H,3-4,9,11H2,1-2H3. The van der Waals surface area contributed by atoms with Gasteiger partial charge in [0.2, 0.25) is 0 Å². The zero-order valence-electron chi connectivity index (χ0n) is 12.6. The molecule has 0 aromatic carbocycles. The molecule has 4 heteroatoms. The molecule has 2 aromatic heterocycles. The summed E-state index contributed by atoms with van der Waals surface area (Å²) in [5.74, 6) is 0. The maximum absolute atomic E-state index is 4.62. The van der Waals surface area contributed by atoms with Crippen LogP contribution >= 0.6 is 15.9 Å². The van der Waals surface area contributed by atoms with Gasteiger partial charge in [0.05, 0.1) is 11.7 Å². The third-order valence-electron chi connectivity index (χ3n) is 3.48. The summed E-state index contributed by atoms with van der Waals surface area (Å²) in [4.78, 5) is 9.11. The topological polar surface area (TPSA) is 37.8 Å². The van der Waals surface area contributed by atoms with E-state index in [1.807, 2.05) is 24.5 Å². The molecule has 112 valence electrons. The van der Waals surface area contributed by atoms with Crippen LogP contribution < -0.4 is 5.32 Å². The smallest absolute Gasteiger partial charge is 0.0608 e. The number of rotatable bonds is 7. The second-order valence-electron chi connectivity index (χ2n) is 5.08. The summed E-state index contributed by atoms with van der Waals surface area (Å²) in [5.41, 5.74) is 3.54. The molecule has 0 saturated heterocycles. The van der Waals surface area contributed by atoms with Crippen molar-refractivity contribution >= 4 is 15.9 Å². The number of hydrogen-bond acceptors (Lipinski definition) is 3. The average Bonchev–Trinajstić information content (AvgIpc) is 2.53. The predicted octanol–water partition coefficient (Wildman–Crippen LogP) is 4.08. The Labute approximate surface area is 135 Å². The Bertz CT molecular complexity index is 554. The molecule has 2 heterocycles. The summed E-state index contributed by atoms with van der Waals surface area (Å²) in [6, 6.07) is 8.50. The van der Waals surface area contributed by atoms with Crippen LogP contribution in [0.2, 0.25) is 0 Å². The van der Waals surface area contributed by atoms with E-state index in [1.165, 1.54) is 5.56 Å². The van der Waals surface area contributed by atoms with E-state index in [9.17, 15) is 0 Å². The van der Waals surface area contributed by atoms with Gasteiger partial charge in [-0.3, -0.25) is 9.97 Å². The van der Waals surface area contributed by atoms with Crippen molar-refractivity contribution in [2.75, 3.05) is 6.54 Å². The molecule has 1 atom stereocenters. The second kappa shape index (κ2) is 8.25. The van der Waals surface area contributed by atoms with Crippen LogP contribution in [-0.4, -0.2) is 16.5 Å². The second-order valence-corrected chi connectivity index (χ2v) is 6.00. The van der Waals surface area contributed by atoms with Crippen molar-refractivity contribution in [1.82, 2.24) is 15.3 Å². The maximum Gasteiger partial charge on any atom is 0.0608 e. The highest BCUT2D eigenvalue weighted by Crippen LogP contribution is 2.20. The van der Waals surface area contributed by atoms with Gasteiger partial charge in [-0.15, -0.1) is 0 Å². The first kappa shape index (κ1) is 16.1. The van der Waals surface area contributed by atoms with Crippen molar-refractivity contribution in [3.63, 3.8) is 0 Å². The first-order valence-electron chi connectivity index (χ1n) is 7.52. The van der Waals surface area contributed by atoms with Gasteiger partial charge in [0, 0.05) is 29.0 Å². The minimum absolute atomic E-state index is 0.217. The lowest BCUT2D eigenvalue weighted by Crippen LogP contribution is -2.26. The summed E-state index contributed by atoms with van der Waals surface area (Å²) in [6.07, 6.45) is 6.70. The van der Waals surface area contributed by atoms with Crippen molar-refractivity contribution in [2.45, 2.75) is 39.2 Å². The summed E-state index contributed by atoms with van der Waals surface area (Å²) in [7, 11) is 0. The van der Waals surface area contributed by atoms with E-state index in [4.69, 9.17) is 0 Å². The van der Waals surface area contributed by atoms with Gasteiger partial charge < -0.3 is 5.32 Å². The summed E-state index contributed by atoms with van der Waals surface area (Å²) in [6.45, 7) is 5.34. The van der Waals surface area contributed by atoms with Crippen molar-refractivity contribution in [1.29, 1.82) is 0 Å². The largest absolute Gasteiger partial charge is 0.308 e. The van der Waals surface area contributed by atoms with Gasteiger partial charge in [-0.25, -0.2) is 0 Å². The molecular weight excluding hydrogens is 326 g/mol. The van der Waals surface area contributed by atoms with Gasteiger partial charge >= 0.3 is 0 Å². The van der Waals surface area contributed by atoms with E-state index in [1.54, 1.807) is 0 Å². The molecule has 0 aliphatic rings. The highest BCUT2D eigenvalue weighted by molar-refractivity contribution is 9.10. The molecule has 21 heavy (non-hydrogen) atoms. The summed E-state index contributed by atoms with van der Waals surface area (Å²) >= 11 is 3.43. The summed E-state index contributed by atoms with van der Waals surface area (Å²) < 4.78 is 1.01. The van der Waals surface area contributed by atoms with Gasteiger partial charge in [-0.05, 0) is 59.1 Å². The lowest BCUT2D eigenvalue weighted by atomic mass is 10.0. The molecule has 1 unspecified atom stereocenters. The van der Waals surface area contributed by atoms with Gasteiger partial charge in [-0.1, -0.05) is 19.9 Å². The number of halogens is 1. The molecule has 0 saturated carbocycles. The molecule has 2 rings (SSSR count). The Hall–Kier alpha value is -1.26. The van der Waals surface area contributed by atoms with Gasteiger partial charge in [0.25, 0.3) is 0 Å². The van der Waals surface area contributed by atoms with E-state index < -0.39 is 0 Å². The Morgan fingerprint density at radius 1 is 1.19 bits per heavy atom. The normalized spacial score (nSPS) is 12.3. The van der Waals surface area contributed by atoms with Crippen molar-refractivity contribution < 1.29 is 0 Å². The van der Waals surface area contributed by atoms with E-state index in [2.05, 4.69) is 57.2 Å². The molecular formula is C17H22BrN3. The molecule has 0 aliphatic heterocycles. The molecule has 0 aliphatic carbocycles. The number of nitrogens with one attached hydrogen (secondary N) is 1. The fraction of sp³-hybridized carbons (Fsp3) is 0.412. The number of aromatic nitrogens is 2. The highest BCUT2D eigenvalue weighted by atomic mass is 79.9. The average molecular weight is 348 g/mol. The fourth-order valence-electron chi connectivity index (χ4n) is 2.38. The number of pyridine rings is 2. The Morgan fingerprint density at radius 3 is 2.71 bits per heavy atom. The molecule has 0 fully saturated rings. The maximum atomic E-state index is 4.62. The molecule has 0 bridgehead atoms. The molecule has 0 amide bonds. The quantitative estimate of drug-likeness (QED) is 0.819. The Morgan fingerprint density at radius 2 is 2.05 bits per heavy atom. The molecule has 0 spiro atoms. The van der Waals surface area contributed by atoms with Crippen molar-refractivity contribution in [3.8, 4) is 0 Å². The molecule has 0 radical (unpaired) electrons. The highest BCUT2D eigenvalue weighted by Gasteiger charge is 2.16. The van der Waals surface area contributed by atoms with E-state index >= 15 is 0 Å². The summed E-state index contributed by atoms with van der Waals surface area (Å²) in [5, 5.41) is 3.61. The molecule has 2 aromatic rings. The monoisotopic (exact) mass is 347 g/mol. The van der Waals surface area contributed by atoms with Crippen LogP contribution in [0.15, 0.2) is 41.1 Å². The van der Waals surface area contributed by atoms with Crippen LogP contribution in [0.25, 0.3) is 0 Å². The molecule has 1 N–H and O–H groups in total. The zero-order chi connectivity index (χ0) is 15.1. The van der Waals surface area contributed by atoms with Crippen LogP contribution in [0, 0.1) is 0 Å². The number of hydrogen-bond donors (Lipinski definition) is 1. The van der Waals surface area contributed by atoms with Crippen LogP contribution in [0.1, 0.15) is 43.3 Å². The minimum atomic E-state index is 0.217. The van der Waals surface area contributed by atoms with Gasteiger partial charge in [-0.2, -0.15) is 0 Å². The van der Waals surface area contributed by atoms with Gasteiger partial charge in [0.15, 0.2) is 0 Å². The lowest BCUT2D eigenvalue weighted by Gasteiger charge is -2.20. The Kier molecular flexibility index (Phi) is 6.33. The SMILES string of the molecule is CCCNC(Cc1ccc(Br)cn1)c1ncccc1CC. The first-order valence-corrected chi connectivity index (χ1v) is 8.31. The predicted molar refractivity (Wildman–Crippen MR) is 90.3 cm³/mol. The van der Waals surface area contributed by atoms with Crippen LogP contribution in [0.5, 0.6) is 0 Å². The van der Waals surface area contributed by atoms with Crippen molar-refractivity contribution in [2.24, 2.45) is 0 Å². The zero-order valence-corrected chi connectivity index (χ0v) is 14.2. The third kappa shape index (κ3) is 4.61. The van der Waals surface area contributed by atoms with Gasteiger partial charge in [0.1, 0.15) is 0 Å². The lowest BCUT2D eigenvalue weighted by molar-refractivity contribution is 0.509. The van der Waals surface area contributed by atoms with Crippen molar-refractivity contribution in [3.05, 3.63) is 58.1 Å².